The van der Waals surface area contributed by atoms with Crippen molar-refractivity contribution < 1.29 is 13.5 Å². The largest absolute Gasteiger partial charge is 0.434 e. The zero-order valence-electron chi connectivity index (χ0n) is 10.1. The monoisotopic (exact) mass is 303 g/mol. The van der Waals surface area contributed by atoms with Crippen molar-refractivity contribution in [1.29, 1.82) is 0 Å². The first-order valence-corrected chi connectivity index (χ1v) is 6.83. The average Bonchev–Trinajstić information content (AvgIpc) is 2.78. The van der Waals surface area contributed by atoms with Gasteiger partial charge in [0.25, 0.3) is 0 Å². The van der Waals surface area contributed by atoms with Crippen LogP contribution in [0.5, 0.6) is 5.75 Å². The molecule has 2 nitrogen and oxygen atoms in total. The number of benzene rings is 1. The molecule has 1 atom stereocenters. The first-order chi connectivity index (χ1) is 9.13. The van der Waals surface area contributed by atoms with E-state index in [2.05, 4.69) is 10.1 Å². The van der Waals surface area contributed by atoms with Crippen molar-refractivity contribution in [2.24, 2.45) is 0 Å². The maximum Gasteiger partial charge on any atom is 0.387 e. The predicted molar refractivity (Wildman–Crippen MR) is 73.3 cm³/mol. The minimum absolute atomic E-state index is 0.154. The van der Waals surface area contributed by atoms with Crippen LogP contribution in [0.3, 0.4) is 0 Å². The van der Waals surface area contributed by atoms with Gasteiger partial charge in [0.15, 0.2) is 0 Å². The van der Waals surface area contributed by atoms with Gasteiger partial charge in [0.05, 0.1) is 11.1 Å². The van der Waals surface area contributed by atoms with Crippen molar-refractivity contribution in [3.05, 3.63) is 51.2 Å². The maximum atomic E-state index is 12.4. The topological polar surface area (TPSA) is 21.3 Å². The van der Waals surface area contributed by atoms with Crippen LogP contribution in [0, 0.1) is 0 Å². The molecule has 0 aliphatic carbocycles. The minimum Gasteiger partial charge on any atom is -0.434 e. The molecule has 2 aromatic rings. The Morgan fingerprint density at radius 2 is 2.00 bits per heavy atom. The minimum atomic E-state index is -2.85. The van der Waals surface area contributed by atoms with Gasteiger partial charge < -0.3 is 10.1 Å². The Labute approximate surface area is 119 Å². The lowest BCUT2D eigenvalue weighted by Crippen LogP contribution is -2.18. The zero-order valence-corrected chi connectivity index (χ0v) is 11.6. The average molecular weight is 304 g/mol. The van der Waals surface area contributed by atoms with E-state index in [9.17, 15) is 8.78 Å². The van der Waals surface area contributed by atoms with Crippen LogP contribution >= 0.6 is 22.9 Å². The zero-order chi connectivity index (χ0) is 13.8. The van der Waals surface area contributed by atoms with Crippen LogP contribution in [-0.4, -0.2) is 13.7 Å². The molecule has 0 amide bonds. The second-order valence-corrected chi connectivity index (χ2v) is 5.13. The number of para-hydroxylation sites is 1. The smallest absolute Gasteiger partial charge is 0.387 e. The molecule has 1 N–H and O–H groups in total. The van der Waals surface area contributed by atoms with Crippen LogP contribution in [0.4, 0.5) is 8.78 Å². The lowest BCUT2D eigenvalue weighted by Gasteiger charge is -2.19. The van der Waals surface area contributed by atoms with Crippen molar-refractivity contribution in [2.45, 2.75) is 12.7 Å². The molecule has 0 saturated heterocycles. The van der Waals surface area contributed by atoms with Crippen LogP contribution in [0.25, 0.3) is 0 Å². The standard InChI is InChI=1S/C13H12ClF2NOS/c1-17-11(12-9(14)6-7-19-12)8-4-2-3-5-10(8)18-13(15)16/h2-7,11,13,17H,1H3. The van der Waals surface area contributed by atoms with Crippen LogP contribution in [-0.2, 0) is 0 Å². The molecule has 102 valence electrons. The molecule has 1 aromatic heterocycles. The van der Waals surface area contributed by atoms with E-state index >= 15 is 0 Å². The molecule has 0 spiro atoms. The number of alkyl halides is 2. The maximum absolute atomic E-state index is 12.4. The fourth-order valence-electron chi connectivity index (χ4n) is 1.86. The summed E-state index contributed by atoms with van der Waals surface area (Å²) in [4.78, 5) is 0.870. The summed E-state index contributed by atoms with van der Waals surface area (Å²) in [5.41, 5.74) is 0.634. The molecule has 0 aliphatic heterocycles. The van der Waals surface area contributed by atoms with Gasteiger partial charge in [-0.25, -0.2) is 0 Å². The van der Waals surface area contributed by atoms with E-state index in [1.165, 1.54) is 17.4 Å². The van der Waals surface area contributed by atoms with Gasteiger partial charge in [-0.15, -0.1) is 11.3 Å². The number of thiophene rings is 1. The van der Waals surface area contributed by atoms with Crippen molar-refractivity contribution in [2.75, 3.05) is 7.05 Å². The number of ether oxygens (including phenoxy) is 1. The Kier molecular flexibility index (Phi) is 4.74. The highest BCUT2D eigenvalue weighted by Gasteiger charge is 2.21. The van der Waals surface area contributed by atoms with E-state index in [1.54, 1.807) is 31.3 Å². The molecule has 1 unspecified atom stereocenters. The SMILES string of the molecule is CNC(c1ccccc1OC(F)F)c1sccc1Cl. The first kappa shape index (κ1) is 14.2. The van der Waals surface area contributed by atoms with Gasteiger partial charge in [-0.1, -0.05) is 29.8 Å². The molecule has 1 heterocycles. The van der Waals surface area contributed by atoms with E-state index in [0.29, 0.717) is 10.6 Å². The third-order valence-corrected chi connectivity index (χ3v) is 4.07. The molecule has 6 heteroatoms. The normalized spacial score (nSPS) is 12.7. The number of rotatable bonds is 5. The van der Waals surface area contributed by atoms with Crippen LogP contribution in [0.2, 0.25) is 5.02 Å². The molecule has 19 heavy (non-hydrogen) atoms. The molecular formula is C13H12ClF2NOS. The summed E-state index contributed by atoms with van der Waals surface area (Å²) in [6.07, 6.45) is 0. The van der Waals surface area contributed by atoms with Gasteiger partial charge in [-0.2, -0.15) is 8.78 Å². The van der Waals surface area contributed by atoms with Gasteiger partial charge in [-0.05, 0) is 24.6 Å². The molecule has 0 bridgehead atoms. The van der Waals surface area contributed by atoms with Crippen molar-refractivity contribution in [1.82, 2.24) is 5.32 Å². The molecule has 0 saturated carbocycles. The van der Waals surface area contributed by atoms with Gasteiger partial charge in [0.1, 0.15) is 5.75 Å². The highest BCUT2D eigenvalue weighted by molar-refractivity contribution is 7.10. The summed E-state index contributed by atoms with van der Waals surface area (Å²) in [5.74, 6) is 0.154. The van der Waals surface area contributed by atoms with Gasteiger partial charge >= 0.3 is 6.61 Å². The first-order valence-electron chi connectivity index (χ1n) is 5.57. The third kappa shape index (κ3) is 3.23. The fraction of sp³-hybridized carbons (Fsp3) is 0.231. The summed E-state index contributed by atoms with van der Waals surface area (Å²) in [7, 11) is 1.75. The van der Waals surface area contributed by atoms with E-state index in [0.717, 1.165) is 4.88 Å². The van der Waals surface area contributed by atoms with E-state index in [4.69, 9.17) is 11.6 Å². The van der Waals surface area contributed by atoms with Crippen molar-refractivity contribution >= 4 is 22.9 Å². The number of halogens is 3. The fourth-order valence-corrected chi connectivity index (χ4v) is 3.15. The van der Waals surface area contributed by atoms with E-state index < -0.39 is 6.61 Å². The highest BCUT2D eigenvalue weighted by atomic mass is 35.5. The third-order valence-electron chi connectivity index (χ3n) is 2.64. The Morgan fingerprint density at radius 1 is 1.26 bits per heavy atom. The molecule has 1 aromatic carbocycles. The van der Waals surface area contributed by atoms with Crippen LogP contribution in [0.1, 0.15) is 16.5 Å². The summed E-state index contributed by atoms with van der Waals surface area (Å²) in [5, 5.41) is 5.54. The summed E-state index contributed by atoms with van der Waals surface area (Å²) >= 11 is 7.57. The molecular weight excluding hydrogens is 292 g/mol. The molecule has 0 radical (unpaired) electrons. The Morgan fingerprint density at radius 3 is 2.58 bits per heavy atom. The van der Waals surface area contributed by atoms with Crippen LogP contribution < -0.4 is 10.1 Å². The van der Waals surface area contributed by atoms with Gasteiger partial charge in [0.2, 0.25) is 0 Å². The Hall–Kier alpha value is -1.17. The predicted octanol–water partition coefficient (Wildman–Crippen LogP) is 4.31. The van der Waals surface area contributed by atoms with E-state index in [-0.39, 0.29) is 11.8 Å². The summed E-state index contributed by atoms with van der Waals surface area (Å²) in [6.45, 7) is -2.85. The number of hydrogen-bond acceptors (Lipinski definition) is 3. The lowest BCUT2D eigenvalue weighted by molar-refractivity contribution is -0.0506. The van der Waals surface area contributed by atoms with E-state index in [1.807, 2.05) is 5.38 Å². The summed E-state index contributed by atoms with van der Waals surface area (Å²) in [6, 6.07) is 8.20. The molecule has 2 rings (SSSR count). The Balaban J connectivity index is 2.41. The van der Waals surface area contributed by atoms with Crippen molar-refractivity contribution in [3.63, 3.8) is 0 Å². The quantitative estimate of drug-likeness (QED) is 0.888. The van der Waals surface area contributed by atoms with Gasteiger partial charge in [0, 0.05) is 10.4 Å². The van der Waals surface area contributed by atoms with Gasteiger partial charge in [-0.3, -0.25) is 0 Å². The second-order valence-electron chi connectivity index (χ2n) is 3.77. The lowest BCUT2D eigenvalue weighted by atomic mass is 10.0. The summed E-state index contributed by atoms with van der Waals surface area (Å²) < 4.78 is 29.4. The van der Waals surface area contributed by atoms with Crippen LogP contribution in [0.15, 0.2) is 35.7 Å². The molecule has 0 fully saturated rings. The molecule has 0 aliphatic rings. The number of hydrogen-bond donors (Lipinski definition) is 1. The number of nitrogens with one attached hydrogen (secondary N) is 1. The van der Waals surface area contributed by atoms with Crippen molar-refractivity contribution in [3.8, 4) is 5.75 Å². The highest BCUT2D eigenvalue weighted by Crippen LogP contribution is 2.36. The second kappa shape index (κ2) is 6.32. The Bertz CT molecular complexity index is 547.